The first-order chi connectivity index (χ1) is 8.81. The molecule has 3 rings (SSSR count). The van der Waals surface area contributed by atoms with Gasteiger partial charge in [0, 0.05) is 11.1 Å². The molecule has 0 amide bonds. The van der Waals surface area contributed by atoms with Crippen molar-refractivity contribution >= 4 is 10.9 Å². The average Bonchev–Trinajstić information content (AvgIpc) is 2.40. The van der Waals surface area contributed by atoms with Crippen LogP contribution in [0.15, 0.2) is 18.2 Å². The highest BCUT2D eigenvalue weighted by Crippen LogP contribution is 2.30. The second kappa shape index (κ2) is 4.42. The van der Waals surface area contributed by atoms with Gasteiger partial charge in [-0.05, 0) is 49.3 Å². The second-order valence-electron chi connectivity index (χ2n) is 5.03. The topological polar surface area (TPSA) is 36.7 Å². The first-order valence-corrected chi connectivity index (χ1v) is 6.58. The third-order valence-corrected chi connectivity index (χ3v) is 3.87. The highest BCUT2D eigenvalue weighted by molar-refractivity contribution is 5.86. The summed E-state index contributed by atoms with van der Waals surface area (Å²) in [5, 5.41) is 10.3. The van der Waals surface area contributed by atoms with Crippen molar-refractivity contribution in [1.82, 2.24) is 4.98 Å². The van der Waals surface area contributed by atoms with Crippen molar-refractivity contribution in [2.45, 2.75) is 39.0 Å². The number of para-hydroxylation sites is 1. The molecule has 1 aromatic heterocycles. The maximum absolute atomic E-state index is 9.08. The SMILES string of the molecule is Cc1cccc2c(CC#N)c3c(nc12)CCCC3. The Kier molecular flexibility index (Phi) is 2.76. The minimum atomic E-state index is 0.505. The zero-order valence-corrected chi connectivity index (χ0v) is 10.7. The van der Waals surface area contributed by atoms with E-state index in [4.69, 9.17) is 10.2 Å². The smallest absolute Gasteiger partial charge is 0.0737 e. The average molecular weight is 236 g/mol. The maximum atomic E-state index is 9.08. The summed E-state index contributed by atoms with van der Waals surface area (Å²) in [6.07, 6.45) is 5.11. The summed E-state index contributed by atoms with van der Waals surface area (Å²) in [4.78, 5) is 4.85. The largest absolute Gasteiger partial charge is 0.252 e. The molecule has 0 spiro atoms. The molecule has 0 bridgehead atoms. The first kappa shape index (κ1) is 11.2. The molecule has 0 fully saturated rings. The molecule has 2 heteroatoms. The van der Waals surface area contributed by atoms with E-state index in [0.717, 1.165) is 18.4 Å². The summed E-state index contributed by atoms with van der Waals surface area (Å²) in [6.45, 7) is 2.10. The van der Waals surface area contributed by atoms with Gasteiger partial charge in [0.05, 0.1) is 18.0 Å². The lowest BCUT2D eigenvalue weighted by Crippen LogP contribution is -2.10. The summed E-state index contributed by atoms with van der Waals surface area (Å²) in [5.41, 5.74) is 6.10. The van der Waals surface area contributed by atoms with Gasteiger partial charge in [-0.1, -0.05) is 18.2 Å². The number of nitriles is 1. The van der Waals surface area contributed by atoms with E-state index in [9.17, 15) is 0 Å². The van der Waals surface area contributed by atoms with E-state index in [0.29, 0.717) is 6.42 Å². The van der Waals surface area contributed by atoms with E-state index in [1.807, 2.05) is 0 Å². The number of nitrogens with zero attached hydrogens (tertiary/aromatic N) is 2. The van der Waals surface area contributed by atoms with Crippen molar-refractivity contribution in [1.29, 1.82) is 5.26 Å². The summed E-state index contributed by atoms with van der Waals surface area (Å²) < 4.78 is 0. The zero-order chi connectivity index (χ0) is 12.5. The van der Waals surface area contributed by atoms with Crippen molar-refractivity contribution in [3.05, 3.63) is 40.6 Å². The van der Waals surface area contributed by atoms with E-state index in [2.05, 4.69) is 31.2 Å². The molecule has 1 aliphatic carbocycles. The van der Waals surface area contributed by atoms with E-state index in [-0.39, 0.29) is 0 Å². The third kappa shape index (κ3) is 1.67. The number of fused-ring (bicyclic) bond motifs is 2. The Bertz CT molecular complexity index is 650. The standard InChI is InChI=1S/C16H16N2/c1-11-5-4-7-14-12(9-10-17)13-6-2-3-8-15(13)18-16(11)14/h4-5,7H,2-3,6,8-9H2,1H3. The number of rotatable bonds is 1. The molecule has 1 heterocycles. The Morgan fingerprint density at radius 1 is 1.28 bits per heavy atom. The molecule has 0 saturated carbocycles. The predicted molar refractivity (Wildman–Crippen MR) is 72.4 cm³/mol. The molecule has 2 aromatic rings. The molecule has 0 radical (unpaired) electrons. The Morgan fingerprint density at radius 3 is 2.94 bits per heavy atom. The van der Waals surface area contributed by atoms with Crippen LogP contribution in [-0.4, -0.2) is 4.98 Å². The quantitative estimate of drug-likeness (QED) is 0.760. The highest BCUT2D eigenvalue weighted by atomic mass is 14.7. The summed E-state index contributed by atoms with van der Waals surface area (Å²) in [6, 6.07) is 8.59. The molecule has 2 nitrogen and oxygen atoms in total. The van der Waals surface area contributed by atoms with Gasteiger partial charge >= 0.3 is 0 Å². The maximum Gasteiger partial charge on any atom is 0.0737 e. The van der Waals surface area contributed by atoms with Crippen LogP contribution in [0.1, 0.15) is 35.2 Å². The lowest BCUT2D eigenvalue weighted by Gasteiger charge is -2.20. The third-order valence-electron chi connectivity index (χ3n) is 3.87. The van der Waals surface area contributed by atoms with E-state index in [1.165, 1.54) is 40.6 Å². The van der Waals surface area contributed by atoms with Gasteiger partial charge in [-0.2, -0.15) is 5.26 Å². The monoisotopic (exact) mass is 236 g/mol. The Balaban J connectivity index is 2.37. The summed E-state index contributed by atoms with van der Waals surface area (Å²) in [7, 11) is 0. The van der Waals surface area contributed by atoms with Crippen LogP contribution in [0, 0.1) is 18.3 Å². The zero-order valence-electron chi connectivity index (χ0n) is 10.7. The lowest BCUT2D eigenvalue weighted by molar-refractivity contribution is 0.666. The lowest BCUT2D eigenvalue weighted by atomic mass is 9.88. The number of hydrogen-bond donors (Lipinski definition) is 0. The Hall–Kier alpha value is -1.88. The van der Waals surface area contributed by atoms with Crippen LogP contribution in [0.2, 0.25) is 0 Å². The van der Waals surface area contributed by atoms with E-state index < -0.39 is 0 Å². The fourth-order valence-corrected chi connectivity index (χ4v) is 2.97. The van der Waals surface area contributed by atoms with Gasteiger partial charge in [-0.15, -0.1) is 0 Å². The van der Waals surface area contributed by atoms with Gasteiger partial charge in [0.1, 0.15) is 0 Å². The minimum absolute atomic E-state index is 0.505. The van der Waals surface area contributed by atoms with Crippen molar-refractivity contribution in [3.8, 4) is 6.07 Å². The highest BCUT2D eigenvalue weighted by Gasteiger charge is 2.18. The van der Waals surface area contributed by atoms with Gasteiger partial charge in [0.2, 0.25) is 0 Å². The molecule has 0 N–H and O–H groups in total. The van der Waals surface area contributed by atoms with Crippen LogP contribution in [0.25, 0.3) is 10.9 Å². The molecule has 0 unspecified atom stereocenters. The van der Waals surface area contributed by atoms with Crippen LogP contribution in [0.5, 0.6) is 0 Å². The molecule has 1 aromatic carbocycles. The first-order valence-electron chi connectivity index (χ1n) is 6.58. The van der Waals surface area contributed by atoms with Crippen LogP contribution in [-0.2, 0) is 19.3 Å². The molecule has 0 aliphatic heterocycles. The fourth-order valence-electron chi connectivity index (χ4n) is 2.97. The fraction of sp³-hybridized carbons (Fsp3) is 0.375. The number of pyridine rings is 1. The van der Waals surface area contributed by atoms with Crippen LogP contribution in [0.3, 0.4) is 0 Å². The van der Waals surface area contributed by atoms with Crippen molar-refractivity contribution in [2.75, 3.05) is 0 Å². The minimum Gasteiger partial charge on any atom is -0.252 e. The molecule has 1 aliphatic rings. The van der Waals surface area contributed by atoms with Crippen LogP contribution in [0.4, 0.5) is 0 Å². The Labute approximate surface area is 107 Å². The predicted octanol–water partition coefficient (Wildman–Crippen LogP) is 3.49. The molecule has 0 saturated heterocycles. The summed E-state index contributed by atoms with van der Waals surface area (Å²) in [5.74, 6) is 0. The number of hydrogen-bond acceptors (Lipinski definition) is 2. The molecular weight excluding hydrogens is 220 g/mol. The second-order valence-corrected chi connectivity index (χ2v) is 5.03. The molecule has 18 heavy (non-hydrogen) atoms. The normalized spacial score (nSPS) is 14.2. The number of aryl methyl sites for hydroxylation is 2. The summed E-state index contributed by atoms with van der Waals surface area (Å²) >= 11 is 0. The Morgan fingerprint density at radius 2 is 2.11 bits per heavy atom. The van der Waals surface area contributed by atoms with Crippen molar-refractivity contribution in [2.24, 2.45) is 0 Å². The van der Waals surface area contributed by atoms with Gasteiger partial charge in [-0.25, -0.2) is 0 Å². The van der Waals surface area contributed by atoms with Gasteiger partial charge < -0.3 is 0 Å². The van der Waals surface area contributed by atoms with Gasteiger partial charge in [0.25, 0.3) is 0 Å². The van der Waals surface area contributed by atoms with Crippen LogP contribution >= 0.6 is 0 Å². The molecular formula is C16H16N2. The van der Waals surface area contributed by atoms with Gasteiger partial charge in [0.15, 0.2) is 0 Å². The van der Waals surface area contributed by atoms with Crippen molar-refractivity contribution in [3.63, 3.8) is 0 Å². The van der Waals surface area contributed by atoms with E-state index in [1.54, 1.807) is 0 Å². The van der Waals surface area contributed by atoms with Crippen LogP contribution < -0.4 is 0 Å². The number of benzene rings is 1. The number of aromatic nitrogens is 1. The molecule has 0 atom stereocenters. The van der Waals surface area contributed by atoms with Gasteiger partial charge in [-0.3, -0.25) is 4.98 Å². The van der Waals surface area contributed by atoms with Crippen molar-refractivity contribution < 1.29 is 0 Å². The molecule has 90 valence electrons. The van der Waals surface area contributed by atoms with E-state index >= 15 is 0 Å².